The molecule has 5 heteroatoms. The van der Waals surface area contributed by atoms with Crippen LogP contribution in [0.4, 0.5) is 0 Å². The van der Waals surface area contributed by atoms with Crippen molar-refractivity contribution < 1.29 is 14.2 Å². The lowest BCUT2D eigenvalue weighted by atomic mass is 10.1. The third-order valence-electron chi connectivity index (χ3n) is 4.19. The average molecular weight is 360 g/mol. The smallest absolute Gasteiger partial charge is 0.224 e. The van der Waals surface area contributed by atoms with Crippen LogP contribution >= 0.6 is 0 Å². The van der Waals surface area contributed by atoms with E-state index in [0.29, 0.717) is 32.3 Å². The maximum atomic E-state index is 5.75. The summed E-state index contributed by atoms with van der Waals surface area (Å²) in [7, 11) is 0. The van der Waals surface area contributed by atoms with Crippen LogP contribution in [0.25, 0.3) is 21.7 Å². The fraction of sp³-hybridized carbons (Fsp3) is 0.182. The molecule has 0 N–H and O–H groups in total. The van der Waals surface area contributed by atoms with Gasteiger partial charge in [-0.25, -0.2) is 9.97 Å². The maximum Gasteiger partial charge on any atom is 0.224 e. The fourth-order valence-electron chi connectivity index (χ4n) is 2.87. The van der Waals surface area contributed by atoms with E-state index >= 15 is 0 Å². The predicted octanol–water partition coefficient (Wildman–Crippen LogP) is 4.26. The zero-order chi connectivity index (χ0) is 18.3. The van der Waals surface area contributed by atoms with Crippen molar-refractivity contribution in [2.45, 2.75) is 0 Å². The van der Waals surface area contributed by atoms with Crippen LogP contribution < -0.4 is 9.47 Å². The minimum absolute atomic E-state index is 0.428. The molecule has 0 aliphatic carbocycles. The molecule has 0 unspecified atom stereocenters. The molecule has 0 bridgehead atoms. The number of aromatic nitrogens is 2. The fourth-order valence-corrected chi connectivity index (χ4v) is 2.87. The van der Waals surface area contributed by atoms with Gasteiger partial charge in [0.1, 0.15) is 25.3 Å². The van der Waals surface area contributed by atoms with Gasteiger partial charge in [0, 0.05) is 0 Å². The van der Waals surface area contributed by atoms with E-state index in [-0.39, 0.29) is 0 Å². The van der Waals surface area contributed by atoms with E-state index in [1.165, 1.54) is 17.1 Å². The monoisotopic (exact) mass is 360 g/mol. The van der Waals surface area contributed by atoms with Crippen LogP contribution in [0.2, 0.25) is 0 Å². The zero-order valence-electron chi connectivity index (χ0n) is 14.9. The second kappa shape index (κ2) is 8.47. The minimum atomic E-state index is 0.428. The second-order valence-electron chi connectivity index (χ2n) is 6.01. The van der Waals surface area contributed by atoms with Crippen molar-refractivity contribution in [2.24, 2.45) is 0 Å². The van der Waals surface area contributed by atoms with Crippen molar-refractivity contribution >= 4 is 21.7 Å². The van der Waals surface area contributed by atoms with Gasteiger partial charge in [-0.15, -0.1) is 0 Å². The Morgan fingerprint density at radius 2 is 1.44 bits per heavy atom. The lowest BCUT2D eigenvalue weighted by Crippen LogP contribution is -2.12. The molecule has 4 rings (SSSR count). The topological polar surface area (TPSA) is 53.5 Å². The molecule has 0 spiro atoms. The molecule has 0 fully saturated rings. The summed E-state index contributed by atoms with van der Waals surface area (Å²) in [5.74, 6) is 1.43. The van der Waals surface area contributed by atoms with Gasteiger partial charge < -0.3 is 14.2 Å². The van der Waals surface area contributed by atoms with Crippen LogP contribution in [0.1, 0.15) is 0 Å². The number of rotatable bonds is 8. The van der Waals surface area contributed by atoms with E-state index in [4.69, 9.17) is 14.2 Å². The summed E-state index contributed by atoms with van der Waals surface area (Å²) >= 11 is 0. The Morgan fingerprint density at radius 3 is 2.37 bits per heavy atom. The number of nitrogens with zero attached hydrogens (tertiary/aromatic N) is 2. The molecule has 0 saturated carbocycles. The highest BCUT2D eigenvalue weighted by atomic mass is 16.5. The molecule has 3 aromatic carbocycles. The number of hydrogen-bond acceptors (Lipinski definition) is 5. The summed E-state index contributed by atoms with van der Waals surface area (Å²) in [6.07, 6.45) is 1.51. The van der Waals surface area contributed by atoms with E-state index in [0.717, 1.165) is 16.7 Å². The van der Waals surface area contributed by atoms with Crippen LogP contribution in [0.3, 0.4) is 0 Å². The van der Waals surface area contributed by atoms with Crippen LogP contribution in [-0.2, 0) is 4.74 Å². The molecule has 1 heterocycles. The Morgan fingerprint density at radius 1 is 0.667 bits per heavy atom. The normalized spacial score (nSPS) is 11.0. The van der Waals surface area contributed by atoms with Crippen LogP contribution in [0.5, 0.6) is 11.6 Å². The highest BCUT2D eigenvalue weighted by molar-refractivity contribution is 5.84. The molecule has 27 heavy (non-hydrogen) atoms. The van der Waals surface area contributed by atoms with Gasteiger partial charge in [-0.2, -0.15) is 0 Å². The minimum Gasteiger partial charge on any atom is -0.491 e. The van der Waals surface area contributed by atoms with Gasteiger partial charge in [0.25, 0.3) is 0 Å². The largest absolute Gasteiger partial charge is 0.491 e. The molecular formula is C22H20N2O3. The second-order valence-corrected chi connectivity index (χ2v) is 6.01. The number of fused-ring (bicyclic) bond motifs is 2. The van der Waals surface area contributed by atoms with Crippen molar-refractivity contribution in [3.05, 3.63) is 73.1 Å². The highest BCUT2D eigenvalue weighted by Gasteiger charge is 2.03. The van der Waals surface area contributed by atoms with E-state index in [1.54, 1.807) is 0 Å². The lowest BCUT2D eigenvalue weighted by Gasteiger charge is -2.09. The van der Waals surface area contributed by atoms with Gasteiger partial charge in [-0.05, 0) is 35.0 Å². The van der Waals surface area contributed by atoms with Crippen LogP contribution in [0, 0.1) is 0 Å². The summed E-state index contributed by atoms with van der Waals surface area (Å²) in [6, 6.07) is 22.1. The first-order valence-electron chi connectivity index (χ1n) is 8.92. The molecule has 0 amide bonds. The van der Waals surface area contributed by atoms with E-state index in [2.05, 4.69) is 28.2 Å². The van der Waals surface area contributed by atoms with Gasteiger partial charge in [0.2, 0.25) is 5.88 Å². The molecule has 5 nitrogen and oxygen atoms in total. The number of hydrogen-bond donors (Lipinski definition) is 0. The van der Waals surface area contributed by atoms with Crippen LogP contribution in [-0.4, -0.2) is 36.4 Å². The summed E-state index contributed by atoms with van der Waals surface area (Å²) in [4.78, 5) is 8.41. The standard InChI is InChI=1S/C22H20N2O3/c1-2-6-18-15-19(10-9-17(18)5-1)26-13-11-25-12-14-27-22-20-7-3-4-8-21(20)23-16-24-22/h1-10,15-16H,11-14H2. The van der Waals surface area contributed by atoms with Crippen molar-refractivity contribution in [3.8, 4) is 11.6 Å². The summed E-state index contributed by atoms with van der Waals surface area (Å²) in [5.41, 5.74) is 0.868. The average Bonchev–Trinajstić information content (AvgIpc) is 2.73. The van der Waals surface area contributed by atoms with Gasteiger partial charge in [-0.3, -0.25) is 0 Å². The molecule has 0 aliphatic rings. The van der Waals surface area contributed by atoms with E-state index in [1.807, 2.05) is 48.5 Å². The molecule has 136 valence electrons. The zero-order valence-corrected chi connectivity index (χ0v) is 14.9. The molecule has 0 aliphatic heterocycles. The number of benzene rings is 3. The quantitative estimate of drug-likeness (QED) is 0.440. The van der Waals surface area contributed by atoms with E-state index < -0.39 is 0 Å². The van der Waals surface area contributed by atoms with Crippen LogP contribution in [0.15, 0.2) is 73.1 Å². The predicted molar refractivity (Wildman–Crippen MR) is 105 cm³/mol. The SMILES string of the molecule is c1ccc2cc(OCCOCCOc3ncnc4ccccc34)ccc2c1. The Hall–Kier alpha value is -3.18. The first kappa shape index (κ1) is 17.2. The Balaban J connectivity index is 1.19. The van der Waals surface area contributed by atoms with Gasteiger partial charge in [-0.1, -0.05) is 42.5 Å². The van der Waals surface area contributed by atoms with Crippen molar-refractivity contribution in [1.29, 1.82) is 0 Å². The Bertz CT molecular complexity index is 1030. The summed E-state index contributed by atoms with van der Waals surface area (Å²) in [5, 5.41) is 3.27. The summed E-state index contributed by atoms with van der Waals surface area (Å²) in [6.45, 7) is 1.89. The first-order chi connectivity index (χ1) is 13.4. The maximum absolute atomic E-state index is 5.75. The molecule has 4 aromatic rings. The van der Waals surface area contributed by atoms with Gasteiger partial charge >= 0.3 is 0 Å². The highest BCUT2D eigenvalue weighted by Crippen LogP contribution is 2.21. The van der Waals surface area contributed by atoms with Crippen molar-refractivity contribution in [1.82, 2.24) is 9.97 Å². The molecule has 0 radical (unpaired) electrons. The molecule has 0 saturated heterocycles. The molecule has 1 aromatic heterocycles. The summed E-state index contributed by atoms with van der Waals surface area (Å²) < 4.78 is 17.0. The Labute approximate surface area is 157 Å². The van der Waals surface area contributed by atoms with Crippen molar-refractivity contribution in [2.75, 3.05) is 26.4 Å². The third kappa shape index (κ3) is 4.33. The third-order valence-corrected chi connectivity index (χ3v) is 4.19. The molecule has 0 atom stereocenters. The molecular weight excluding hydrogens is 340 g/mol. The number of para-hydroxylation sites is 1. The Kier molecular flexibility index (Phi) is 5.41. The first-order valence-corrected chi connectivity index (χ1v) is 8.92. The van der Waals surface area contributed by atoms with Gasteiger partial charge in [0.15, 0.2) is 0 Å². The lowest BCUT2D eigenvalue weighted by molar-refractivity contribution is 0.0757. The number of ether oxygens (including phenoxy) is 3. The van der Waals surface area contributed by atoms with Gasteiger partial charge in [0.05, 0.1) is 24.1 Å². The van der Waals surface area contributed by atoms with Crippen molar-refractivity contribution in [3.63, 3.8) is 0 Å². The van der Waals surface area contributed by atoms with E-state index in [9.17, 15) is 0 Å².